The van der Waals surface area contributed by atoms with E-state index in [1.165, 1.54) is 15.5 Å². The first-order valence-corrected chi connectivity index (χ1v) is 9.40. The lowest BCUT2D eigenvalue weighted by atomic mass is 10.1. The van der Waals surface area contributed by atoms with Gasteiger partial charge in [-0.3, -0.25) is 14.7 Å². The minimum absolute atomic E-state index is 0.0495. The fourth-order valence-corrected chi connectivity index (χ4v) is 3.60. The summed E-state index contributed by atoms with van der Waals surface area (Å²) in [6.07, 6.45) is 2.93. The number of carbonyl (C=O) groups excluding carboxylic acids is 1. The van der Waals surface area contributed by atoms with Crippen molar-refractivity contribution < 1.29 is 13.2 Å². The SMILES string of the molecule is CN(C)C(=O)[C@H]1CN(Cc2ccccn2)CCN(S(C)(=O)=O)C1. The Kier molecular flexibility index (Phi) is 5.72. The summed E-state index contributed by atoms with van der Waals surface area (Å²) in [6, 6.07) is 5.71. The zero-order valence-electron chi connectivity index (χ0n) is 13.8. The lowest BCUT2D eigenvalue weighted by Gasteiger charge is -2.25. The molecule has 0 spiro atoms. The van der Waals surface area contributed by atoms with Gasteiger partial charge in [0.25, 0.3) is 0 Å². The number of carbonyl (C=O) groups is 1. The van der Waals surface area contributed by atoms with Crippen molar-refractivity contribution in [3.8, 4) is 0 Å². The van der Waals surface area contributed by atoms with Gasteiger partial charge in [-0.15, -0.1) is 0 Å². The largest absolute Gasteiger partial charge is 0.348 e. The van der Waals surface area contributed by atoms with E-state index in [9.17, 15) is 13.2 Å². The van der Waals surface area contributed by atoms with Gasteiger partial charge in [-0.1, -0.05) is 6.07 Å². The van der Waals surface area contributed by atoms with E-state index in [1.54, 1.807) is 20.3 Å². The van der Waals surface area contributed by atoms with E-state index in [4.69, 9.17) is 0 Å². The van der Waals surface area contributed by atoms with Crippen molar-refractivity contribution in [3.05, 3.63) is 30.1 Å². The second-order valence-corrected chi connectivity index (χ2v) is 8.09. The zero-order valence-corrected chi connectivity index (χ0v) is 14.7. The van der Waals surface area contributed by atoms with Gasteiger partial charge in [-0.25, -0.2) is 12.7 Å². The Morgan fingerprint density at radius 2 is 2.04 bits per heavy atom. The fraction of sp³-hybridized carbons (Fsp3) is 0.600. The van der Waals surface area contributed by atoms with Gasteiger partial charge in [0, 0.05) is 53.0 Å². The molecule has 1 aromatic heterocycles. The molecular formula is C15H24N4O3S. The molecule has 2 rings (SSSR count). The first-order valence-electron chi connectivity index (χ1n) is 7.56. The van der Waals surface area contributed by atoms with E-state index >= 15 is 0 Å². The standard InChI is InChI=1S/C15H24N4O3S/c1-17(2)15(20)13-10-18(12-14-6-4-5-7-16-14)8-9-19(11-13)23(3,21)22/h4-7,13H,8-12H2,1-3H3/t13-/m0/s1. The molecule has 7 nitrogen and oxygen atoms in total. The van der Waals surface area contributed by atoms with Crippen LogP contribution in [0.4, 0.5) is 0 Å². The van der Waals surface area contributed by atoms with Gasteiger partial charge in [-0.05, 0) is 12.1 Å². The third-order valence-corrected chi connectivity index (χ3v) is 5.21. The summed E-state index contributed by atoms with van der Waals surface area (Å²) >= 11 is 0. The highest BCUT2D eigenvalue weighted by atomic mass is 32.2. The second-order valence-electron chi connectivity index (χ2n) is 6.11. The summed E-state index contributed by atoms with van der Waals surface area (Å²) in [5.74, 6) is -0.419. The van der Waals surface area contributed by atoms with Crippen LogP contribution in [0.5, 0.6) is 0 Å². The smallest absolute Gasteiger partial charge is 0.227 e. The number of nitrogens with zero attached hydrogens (tertiary/aromatic N) is 4. The highest BCUT2D eigenvalue weighted by Gasteiger charge is 2.32. The molecule has 1 aromatic rings. The summed E-state index contributed by atoms with van der Waals surface area (Å²) in [5.41, 5.74) is 0.913. The van der Waals surface area contributed by atoms with Crippen molar-refractivity contribution in [1.82, 2.24) is 19.1 Å². The molecule has 0 radical (unpaired) electrons. The lowest BCUT2D eigenvalue weighted by molar-refractivity contribution is -0.133. The molecule has 0 saturated carbocycles. The first kappa shape index (κ1) is 17.8. The van der Waals surface area contributed by atoms with Crippen LogP contribution in [0.3, 0.4) is 0 Å². The summed E-state index contributed by atoms with van der Waals surface area (Å²) < 4.78 is 25.2. The van der Waals surface area contributed by atoms with E-state index < -0.39 is 10.0 Å². The third-order valence-electron chi connectivity index (χ3n) is 3.94. The van der Waals surface area contributed by atoms with E-state index in [0.29, 0.717) is 26.2 Å². The van der Waals surface area contributed by atoms with Crippen LogP contribution in [0, 0.1) is 5.92 Å². The minimum Gasteiger partial charge on any atom is -0.348 e. The van der Waals surface area contributed by atoms with Crippen LogP contribution in [0.15, 0.2) is 24.4 Å². The Bertz CT molecular complexity index is 633. The Morgan fingerprint density at radius 3 is 2.61 bits per heavy atom. The Hall–Kier alpha value is -1.51. The Labute approximate surface area is 137 Å². The molecule has 8 heteroatoms. The van der Waals surface area contributed by atoms with Crippen molar-refractivity contribution in [2.45, 2.75) is 6.54 Å². The van der Waals surface area contributed by atoms with Crippen LogP contribution in [0.2, 0.25) is 0 Å². The number of hydrogen-bond donors (Lipinski definition) is 0. The fourth-order valence-electron chi connectivity index (χ4n) is 2.74. The van der Waals surface area contributed by atoms with Crippen LogP contribution in [0.1, 0.15) is 5.69 Å². The van der Waals surface area contributed by atoms with E-state index in [1.807, 2.05) is 18.2 Å². The van der Waals surface area contributed by atoms with Crippen molar-refractivity contribution in [2.75, 3.05) is 46.5 Å². The lowest BCUT2D eigenvalue weighted by Crippen LogP contribution is -2.41. The normalized spacial score (nSPS) is 20.9. The van der Waals surface area contributed by atoms with Crippen LogP contribution in [-0.2, 0) is 21.4 Å². The van der Waals surface area contributed by atoms with Gasteiger partial charge in [0.15, 0.2) is 0 Å². The second kappa shape index (κ2) is 7.37. The van der Waals surface area contributed by atoms with Gasteiger partial charge in [-0.2, -0.15) is 0 Å². The number of amides is 1. The van der Waals surface area contributed by atoms with Crippen LogP contribution >= 0.6 is 0 Å². The predicted molar refractivity (Wildman–Crippen MR) is 88.1 cm³/mol. The minimum atomic E-state index is -3.32. The van der Waals surface area contributed by atoms with Crippen molar-refractivity contribution in [1.29, 1.82) is 0 Å². The summed E-state index contributed by atoms with van der Waals surface area (Å²) in [5, 5.41) is 0. The maximum Gasteiger partial charge on any atom is 0.227 e. The van der Waals surface area contributed by atoms with Crippen molar-refractivity contribution in [2.24, 2.45) is 5.92 Å². The highest BCUT2D eigenvalue weighted by molar-refractivity contribution is 7.88. The van der Waals surface area contributed by atoms with Gasteiger partial charge >= 0.3 is 0 Å². The number of hydrogen-bond acceptors (Lipinski definition) is 5. The monoisotopic (exact) mass is 340 g/mol. The average molecular weight is 340 g/mol. The number of aromatic nitrogens is 1. The maximum atomic E-state index is 12.4. The molecular weight excluding hydrogens is 316 g/mol. The molecule has 2 heterocycles. The molecule has 0 bridgehead atoms. The van der Waals surface area contributed by atoms with E-state index in [-0.39, 0.29) is 18.4 Å². The topological polar surface area (TPSA) is 73.8 Å². The van der Waals surface area contributed by atoms with Gasteiger partial charge < -0.3 is 4.90 Å². The highest BCUT2D eigenvalue weighted by Crippen LogP contribution is 2.16. The third kappa shape index (κ3) is 4.98. The molecule has 23 heavy (non-hydrogen) atoms. The van der Waals surface area contributed by atoms with Crippen LogP contribution < -0.4 is 0 Å². The molecule has 1 amide bonds. The number of sulfonamides is 1. The quantitative estimate of drug-likeness (QED) is 0.763. The average Bonchev–Trinajstić information content (AvgIpc) is 2.70. The van der Waals surface area contributed by atoms with Gasteiger partial charge in [0.2, 0.25) is 15.9 Å². The summed E-state index contributed by atoms with van der Waals surface area (Å²) in [7, 11) is 0.0737. The Balaban J connectivity index is 2.17. The van der Waals surface area contributed by atoms with Crippen LogP contribution in [-0.4, -0.2) is 79.9 Å². The summed E-state index contributed by atoms with van der Waals surface area (Å²) in [4.78, 5) is 20.3. The van der Waals surface area contributed by atoms with Crippen LogP contribution in [0.25, 0.3) is 0 Å². The molecule has 1 aliphatic heterocycles. The maximum absolute atomic E-state index is 12.4. The molecule has 0 unspecified atom stereocenters. The molecule has 1 saturated heterocycles. The molecule has 1 atom stereocenters. The first-order chi connectivity index (χ1) is 10.8. The Morgan fingerprint density at radius 1 is 1.30 bits per heavy atom. The van der Waals surface area contributed by atoms with Crippen molar-refractivity contribution in [3.63, 3.8) is 0 Å². The van der Waals surface area contributed by atoms with Gasteiger partial charge in [0.1, 0.15) is 0 Å². The molecule has 0 aliphatic carbocycles. The zero-order chi connectivity index (χ0) is 17.0. The van der Waals surface area contributed by atoms with E-state index in [2.05, 4.69) is 9.88 Å². The number of rotatable bonds is 4. The van der Waals surface area contributed by atoms with Gasteiger partial charge in [0.05, 0.1) is 17.9 Å². The molecule has 1 fully saturated rings. The van der Waals surface area contributed by atoms with Crippen molar-refractivity contribution >= 4 is 15.9 Å². The summed E-state index contributed by atoms with van der Waals surface area (Å²) in [6.45, 7) is 2.34. The van der Waals surface area contributed by atoms with E-state index in [0.717, 1.165) is 5.69 Å². The molecule has 128 valence electrons. The number of pyridine rings is 1. The molecule has 1 aliphatic rings. The molecule has 0 N–H and O–H groups in total. The molecule has 0 aromatic carbocycles. The predicted octanol–water partition coefficient (Wildman–Crippen LogP) is -0.137.